The maximum Gasteiger partial charge on any atom is 0.0642 e. The Morgan fingerprint density at radius 3 is 2.88 bits per heavy atom. The highest BCUT2D eigenvalue weighted by molar-refractivity contribution is 5.25. The maximum atomic E-state index is 5.38. The van der Waals surface area contributed by atoms with Gasteiger partial charge in [-0.15, -0.1) is 0 Å². The number of hydrogen-bond donors (Lipinski definition) is 1. The van der Waals surface area contributed by atoms with Gasteiger partial charge in [-0.2, -0.15) is 0 Å². The van der Waals surface area contributed by atoms with Crippen molar-refractivity contribution in [2.75, 3.05) is 39.9 Å². The molecule has 1 aliphatic carbocycles. The van der Waals surface area contributed by atoms with Gasteiger partial charge in [-0.05, 0) is 25.0 Å². The summed E-state index contributed by atoms with van der Waals surface area (Å²) in [6, 6.07) is 0. The lowest BCUT2D eigenvalue weighted by molar-refractivity contribution is 0.0547. The van der Waals surface area contributed by atoms with E-state index in [1.807, 2.05) is 7.05 Å². The van der Waals surface area contributed by atoms with Crippen molar-refractivity contribution < 1.29 is 4.74 Å². The number of nitrogens with one attached hydrogen (secondary N) is 1. The second-order valence-corrected chi connectivity index (χ2v) is 4.63. The van der Waals surface area contributed by atoms with Crippen LogP contribution in [0.5, 0.6) is 0 Å². The molecule has 0 bridgehead atoms. The molecule has 2 unspecified atom stereocenters. The minimum Gasteiger partial charge on any atom is -0.378 e. The number of rotatable bonds is 3. The van der Waals surface area contributed by atoms with Crippen molar-refractivity contribution in [2.45, 2.75) is 6.92 Å². The summed E-state index contributed by atoms with van der Waals surface area (Å²) in [7, 11) is 2.02. The second kappa shape index (κ2) is 5.51. The van der Waals surface area contributed by atoms with Crippen LogP contribution in [-0.4, -0.2) is 44.8 Å². The molecule has 0 aromatic rings. The first kappa shape index (κ1) is 11.7. The smallest absolute Gasteiger partial charge is 0.0642 e. The van der Waals surface area contributed by atoms with E-state index in [-0.39, 0.29) is 0 Å². The van der Waals surface area contributed by atoms with Gasteiger partial charge in [0.15, 0.2) is 0 Å². The molecule has 2 rings (SSSR count). The Hall–Kier alpha value is -0.800. The molecule has 0 radical (unpaired) electrons. The lowest BCUT2D eigenvalue weighted by Gasteiger charge is -2.33. The fraction of sp³-hybridized carbons (Fsp3) is 0.692. The Kier molecular flexibility index (Phi) is 4.02. The van der Waals surface area contributed by atoms with E-state index < -0.39 is 0 Å². The van der Waals surface area contributed by atoms with Crippen LogP contribution in [0.25, 0.3) is 0 Å². The van der Waals surface area contributed by atoms with Gasteiger partial charge in [-0.3, -0.25) is 0 Å². The van der Waals surface area contributed by atoms with E-state index >= 15 is 0 Å². The largest absolute Gasteiger partial charge is 0.378 e. The third kappa shape index (κ3) is 2.66. The molecule has 0 spiro atoms. The Morgan fingerprint density at radius 2 is 2.19 bits per heavy atom. The zero-order valence-corrected chi connectivity index (χ0v) is 10.3. The maximum absolute atomic E-state index is 5.38. The molecular weight excluding hydrogens is 200 g/mol. The van der Waals surface area contributed by atoms with E-state index in [9.17, 15) is 0 Å². The van der Waals surface area contributed by atoms with E-state index in [2.05, 4.69) is 35.4 Å². The van der Waals surface area contributed by atoms with Gasteiger partial charge in [-0.25, -0.2) is 0 Å². The van der Waals surface area contributed by atoms with Crippen LogP contribution < -0.4 is 5.32 Å². The van der Waals surface area contributed by atoms with E-state index in [1.165, 1.54) is 5.70 Å². The van der Waals surface area contributed by atoms with E-state index in [1.54, 1.807) is 0 Å². The van der Waals surface area contributed by atoms with Gasteiger partial charge >= 0.3 is 0 Å². The standard InChI is InChI=1S/C13H22N2O/c1-11-3-4-13(9-12(11)10-14-2)15-5-7-16-8-6-15/h3-4,9,11-12,14H,5-8,10H2,1-2H3. The summed E-state index contributed by atoms with van der Waals surface area (Å²) in [5, 5.41) is 3.27. The average Bonchev–Trinajstić information content (AvgIpc) is 2.33. The molecule has 0 saturated carbocycles. The molecule has 1 N–H and O–H groups in total. The first-order valence-corrected chi connectivity index (χ1v) is 6.18. The molecule has 0 aromatic heterocycles. The molecule has 0 amide bonds. The van der Waals surface area contributed by atoms with Crippen molar-refractivity contribution in [3.8, 4) is 0 Å². The van der Waals surface area contributed by atoms with Crippen LogP contribution in [0.15, 0.2) is 23.9 Å². The highest BCUT2D eigenvalue weighted by atomic mass is 16.5. The zero-order chi connectivity index (χ0) is 11.4. The predicted molar refractivity (Wildman–Crippen MR) is 66.2 cm³/mol. The van der Waals surface area contributed by atoms with Crippen LogP contribution >= 0.6 is 0 Å². The topological polar surface area (TPSA) is 24.5 Å². The minimum atomic E-state index is 0.618. The molecule has 16 heavy (non-hydrogen) atoms. The molecule has 90 valence electrons. The van der Waals surface area contributed by atoms with Crippen molar-refractivity contribution in [1.82, 2.24) is 10.2 Å². The molecule has 1 saturated heterocycles. The second-order valence-electron chi connectivity index (χ2n) is 4.63. The monoisotopic (exact) mass is 222 g/mol. The van der Waals surface area contributed by atoms with Crippen LogP contribution in [0.4, 0.5) is 0 Å². The summed E-state index contributed by atoms with van der Waals surface area (Å²) in [4.78, 5) is 2.43. The first-order chi connectivity index (χ1) is 7.81. The molecule has 2 atom stereocenters. The fourth-order valence-corrected chi connectivity index (χ4v) is 2.33. The van der Waals surface area contributed by atoms with Crippen molar-refractivity contribution in [3.05, 3.63) is 23.9 Å². The van der Waals surface area contributed by atoms with Gasteiger partial charge in [0, 0.05) is 25.3 Å². The molecule has 3 heteroatoms. The number of hydrogen-bond acceptors (Lipinski definition) is 3. The van der Waals surface area contributed by atoms with E-state index in [0.717, 1.165) is 32.8 Å². The Bertz CT molecular complexity index is 280. The third-order valence-corrected chi connectivity index (χ3v) is 3.45. The van der Waals surface area contributed by atoms with Gasteiger partial charge in [-0.1, -0.05) is 19.1 Å². The highest BCUT2D eigenvalue weighted by Crippen LogP contribution is 2.24. The van der Waals surface area contributed by atoms with E-state index in [4.69, 9.17) is 4.74 Å². The highest BCUT2D eigenvalue weighted by Gasteiger charge is 2.20. The Balaban J connectivity index is 2.02. The molecule has 0 aromatic carbocycles. The van der Waals surface area contributed by atoms with Crippen molar-refractivity contribution in [3.63, 3.8) is 0 Å². The van der Waals surface area contributed by atoms with Crippen LogP contribution in [0.2, 0.25) is 0 Å². The van der Waals surface area contributed by atoms with Crippen molar-refractivity contribution >= 4 is 0 Å². The quantitative estimate of drug-likeness (QED) is 0.777. The Morgan fingerprint density at radius 1 is 1.44 bits per heavy atom. The summed E-state index contributed by atoms with van der Waals surface area (Å²) in [5.74, 6) is 1.25. The van der Waals surface area contributed by atoms with Crippen molar-refractivity contribution in [1.29, 1.82) is 0 Å². The molecule has 2 aliphatic rings. The van der Waals surface area contributed by atoms with E-state index in [0.29, 0.717) is 11.8 Å². The molecule has 1 heterocycles. The van der Waals surface area contributed by atoms with Crippen LogP contribution in [0.3, 0.4) is 0 Å². The molecule has 3 nitrogen and oxygen atoms in total. The molecule has 1 aliphatic heterocycles. The van der Waals surface area contributed by atoms with Gasteiger partial charge < -0.3 is 15.0 Å². The van der Waals surface area contributed by atoms with Gasteiger partial charge in [0.05, 0.1) is 13.2 Å². The summed E-state index contributed by atoms with van der Waals surface area (Å²) >= 11 is 0. The summed E-state index contributed by atoms with van der Waals surface area (Å²) < 4.78 is 5.38. The zero-order valence-electron chi connectivity index (χ0n) is 10.3. The average molecular weight is 222 g/mol. The fourth-order valence-electron chi connectivity index (χ4n) is 2.33. The van der Waals surface area contributed by atoms with Crippen LogP contribution in [0, 0.1) is 11.8 Å². The van der Waals surface area contributed by atoms with Crippen LogP contribution in [-0.2, 0) is 4.74 Å². The number of allylic oxidation sites excluding steroid dienone is 2. The Labute approximate surface area is 98.2 Å². The molecular formula is C13H22N2O. The van der Waals surface area contributed by atoms with Gasteiger partial charge in [0.2, 0.25) is 0 Å². The van der Waals surface area contributed by atoms with Gasteiger partial charge in [0.25, 0.3) is 0 Å². The third-order valence-electron chi connectivity index (χ3n) is 3.45. The van der Waals surface area contributed by atoms with Crippen molar-refractivity contribution in [2.24, 2.45) is 11.8 Å². The number of nitrogens with zero attached hydrogens (tertiary/aromatic N) is 1. The summed E-state index contributed by atoms with van der Waals surface area (Å²) in [6.45, 7) is 7.10. The minimum absolute atomic E-state index is 0.618. The van der Waals surface area contributed by atoms with Crippen LogP contribution in [0.1, 0.15) is 6.92 Å². The first-order valence-electron chi connectivity index (χ1n) is 6.18. The van der Waals surface area contributed by atoms with Gasteiger partial charge in [0.1, 0.15) is 0 Å². The summed E-state index contributed by atoms with van der Waals surface area (Å²) in [5.41, 5.74) is 1.38. The molecule has 1 fully saturated rings. The lowest BCUT2D eigenvalue weighted by Crippen LogP contribution is -2.36. The lowest BCUT2D eigenvalue weighted by atomic mass is 9.88. The number of morpholine rings is 1. The summed E-state index contributed by atoms with van der Waals surface area (Å²) in [6.07, 6.45) is 7.00. The normalized spacial score (nSPS) is 30.4. The number of ether oxygens (including phenoxy) is 1. The SMILES string of the molecule is CNCC1C=C(N2CCOCC2)C=CC1C. The predicted octanol–water partition coefficient (Wildman–Crippen LogP) is 1.24.